The molecule has 142 valence electrons. The van der Waals surface area contributed by atoms with Crippen molar-refractivity contribution in [1.29, 1.82) is 0 Å². The summed E-state index contributed by atoms with van der Waals surface area (Å²) >= 11 is 2.03. The van der Waals surface area contributed by atoms with Gasteiger partial charge in [-0.3, -0.25) is 4.99 Å². The summed E-state index contributed by atoms with van der Waals surface area (Å²) in [5.74, 6) is 2.11. The lowest BCUT2D eigenvalue weighted by Crippen LogP contribution is -2.50. The van der Waals surface area contributed by atoms with Crippen molar-refractivity contribution in [3.63, 3.8) is 0 Å². The Morgan fingerprint density at radius 2 is 2.08 bits per heavy atom. The zero-order chi connectivity index (χ0) is 17.9. The molecule has 0 spiro atoms. The first-order chi connectivity index (χ1) is 12.0. The average Bonchev–Trinajstić information content (AvgIpc) is 3.01. The molecule has 0 bridgehead atoms. The summed E-state index contributed by atoms with van der Waals surface area (Å²) in [4.78, 5) is 6.86. The second-order valence-corrected chi connectivity index (χ2v) is 8.76. The lowest BCUT2D eigenvalue weighted by atomic mass is 10.1. The molecule has 1 aliphatic heterocycles. The first kappa shape index (κ1) is 21.1. The maximum atomic E-state index is 4.54. The Bertz CT molecular complexity index is 756. The highest BCUT2D eigenvalue weighted by Crippen LogP contribution is 2.29. The summed E-state index contributed by atoms with van der Waals surface area (Å²) in [6, 6.07) is 10.4. The van der Waals surface area contributed by atoms with Crippen molar-refractivity contribution in [2.45, 2.75) is 32.1 Å². The topological polar surface area (TPSA) is 45.5 Å². The van der Waals surface area contributed by atoms with Gasteiger partial charge in [0.2, 0.25) is 0 Å². The van der Waals surface area contributed by atoms with E-state index < -0.39 is 0 Å². The van der Waals surface area contributed by atoms with Gasteiger partial charge < -0.3 is 10.2 Å². The molecule has 0 amide bonds. The predicted octanol–water partition coefficient (Wildman–Crippen LogP) is 3.70. The Kier molecular flexibility index (Phi) is 7.40. The third-order valence-corrected chi connectivity index (χ3v) is 5.63. The SMILES string of the molecule is CN=C(NCc1ccccc1-n1ccc(C)n1)N1CCSC(C)(C)C1.I. The van der Waals surface area contributed by atoms with E-state index in [2.05, 4.69) is 58.4 Å². The molecule has 5 nitrogen and oxygen atoms in total. The number of guanidine groups is 1. The van der Waals surface area contributed by atoms with Crippen LogP contribution in [-0.2, 0) is 6.54 Å². The first-order valence-electron chi connectivity index (χ1n) is 8.69. The van der Waals surface area contributed by atoms with Gasteiger partial charge in [0.25, 0.3) is 0 Å². The number of nitrogens with zero attached hydrogens (tertiary/aromatic N) is 4. The zero-order valence-corrected chi connectivity index (χ0v) is 19.0. The van der Waals surface area contributed by atoms with Crippen LogP contribution in [0, 0.1) is 6.92 Å². The van der Waals surface area contributed by atoms with Crippen LogP contribution in [0.5, 0.6) is 0 Å². The van der Waals surface area contributed by atoms with Gasteiger partial charge in [0.15, 0.2) is 5.96 Å². The number of benzene rings is 1. The molecule has 26 heavy (non-hydrogen) atoms. The minimum absolute atomic E-state index is 0. The number of aryl methyl sites for hydroxylation is 1. The molecule has 3 rings (SSSR count). The minimum atomic E-state index is 0. The van der Waals surface area contributed by atoms with Gasteiger partial charge in [0, 0.05) is 43.4 Å². The van der Waals surface area contributed by atoms with Crippen LogP contribution < -0.4 is 5.32 Å². The fourth-order valence-electron chi connectivity index (χ4n) is 3.14. The van der Waals surface area contributed by atoms with Crippen molar-refractivity contribution in [2.24, 2.45) is 4.99 Å². The van der Waals surface area contributed by atoms with E-state index in [9.17, 15) is 0 Å². The van der Waals surface area contributed by atoms with Gasteiger partial charge in [-0.05, 0) is 38.5 Å². The highest BCUT2D eigenvalue weighted by molar-refractivity contribution is 14.0. The molecule has 2 heterocycles. The molecule has 0 aliphatic carbocycles. The Labute approximate surface area is 177 Å². The molecular weight excluding hydrogens is 457 g/mol. The van der Waals surface area contributed by atoms with Crippen LogP contribution in [0.15, 0.2) is 41.5 Å². The van der Waals surface area contributed by atoms with Gasteiger partial charge in [0.1, 0.15) is 0 Å². The van der Waals surface area contributed by atoms with E-state index in [0.717, 1.165) is 42.7 Å². The van der Waals surface area contributed by atoms with Crippen molar-refractivity contribution in [1.82, 2.24) is 20.0 Å². The van der Waals surface area contributed by atoms with Crippen molar-refractivity contribution in [3.05, 3.63) is 47.8 Å². The molecule has 1 aromatic carbocycles. The third kappa shape index (κ3) is 5.16. The van der Waals surface area contributed by atoms with E-state index >= 15 is 0 Å². The number of hydrogen-bond donors (Lipinski definition) is 1. The summed E-state index contributed by atoms with van der Waals surface area (Å²) in [5.41, 5.74) is 3.33. The Balaban J connectivity index is 0.00000243. The van der Waals surface area contributed by atoms with Crippen LogP contribution in [0.25, 0.3) is 5.69 Å². The monoisotopic (exact) mass is 485 g/mol. The third-order valence-electron chi connectivity index (χ3n) is 4.33. The fourth-order valence-corrected chi connectivity index (χ4v) is 4.25. The molecule has 1 saturated heterocycles. The molecule has 0 saturated carbocycles. The lowest BCUT2D eigenvalue weighted by molar-refractivity contribution is 0.375. The summed E-state index contributed by atoms with van der Waals surface area (Å²) < 4.78 is 2.20. The number of para-hydroxylation sites is 1. The summed E-state index contributed by atoms with van der Waals surface area (Å²) in [6.07, 6.45) is 2.01. The molecule has 1 aliphatic rings. The van der Waals surface area contributed by atoms with Crippen LogP contribution in [0.2, 0.25) is 0 Å². The maximum Gasteiger partial charge on any atom is 0.193 e. The number of aromatic nitrogens is 2. The van der Waals surface area contributed by atoms with Crippen molar-refractivity contribution in [2.75, 3.05) is 25.9 Å². The van der Waals surface area contributed by atoms with Crippen LogP contribution in [-0.4, -0.2) is 51.3 Å². The molecule has 1 N–H and O–H groups in total. The first-order valence-corrected chi connectivity index (χ1v) is 9.67. The van der Waals surface area contributed by atoms with E-state index in [1.165, 1.54) is 5.56 Å². The van der Waals surface area contributed by atoms with Gasteiger partial charge in [0.05, 0.1) is 11.4 Å². The van der Waals surface area contributed by atoms with Crippen LogP contribution in [0.4, 0.5) is 0 Å². The molecular formula is C19H28IN5S. The van der Waals surface area contributed by atoms with Crippen LogP contribution >= 0.6 is 35.7 Å². The quantitative estimate of drug-likeness (QED) is 0.409. The molecule has 0 atom stereocenters. The summed E-state index contributed by atoms with van der Waals surface area (Å²) in [7, 11) is 1.86. The van der Waals surface area contributed by atoms with Crippen LogP contribution in [0.3, 0.4) is 0 Å². The second kappa shape index (κ2) is 9.12. The Morgan fingerprint density at radius 3 is 2.73 bits per heavy atom. The lowest BCUT2D eigenvalue weighted by Gasteiger charge is -2.39. The summed E-state index contributed by atoms with van der Waals surface area (Å²) in [5, 5.41) is 8.08. The van der Waals surface area contributed by atoms with E-state index in [1.807, 2.05) is 42.7 Å². The number of rotatable bonds is 3. The zero-order valence-electron chi connectivity index (χ0n) is 15.9. The smallest absolute Gasteiger partial charge is 0.193 e. The second-order valence-electron chi connectivity index (χ2n) is 6.96. The maximum absolute atomic E-state index is 4.54. The fraction of sp³-hybridized carbons (Fsp3) is 0.474. The molecule has 0 radical (unpaired) electrons. The van der Waals surface area contributed by atoms with Crippen LogP contribution in [0.1, 0.15) is 25.1 Å². The molecule has 1 aromatic heterocycles. The van der Waals surface area contributed by atoms with E-state index in [4.69, 9.17) is 0 Å². The highest BCUT2D eigenvalue weighted by Gasteiger charge is 2.28. The van der Waals surface area contributed by atoms with E-state index in [0.29, 0.717) is 0 Å². The number of nitrogens with one attached hydrogen (secondary N) is 1. The van der Waals surface area contributed by atoms with Gasteiger partial charge >= 0.3 is 0 Å². The highest BCUT2D eigenvalue weighted by atomic mass is 127. The van der Waals surface area contributed by atoms with Gasteiger partial charge in [-0.15, -0.1) is 24.0 Å². The van der Waals surface area contributed by atoms with Gasteiger partial charge in [-0.25, -0.2) is 4.68 Å². The molecule has 1 fully saturated rings. The Morgan fingerprint density at radius 1 is 1.31 bits per heavy atom. The number of hydrogen-bond acceptors (Lipinski definition) is 3. The molecule has 7 heteroatoms. The Hall–Kier alpha value is -1.22. The predicted molar refractivity (Wildman–Crippen MR) is 122 cm³/mol. The van der Waals surface area contributed by atoms with E-state index in [1.54, 1.807) is 0 Å². The molecule has 0 unspecified atom stereocenters. The summed E-state index contributed by atoms with van der Waals surface area (Å²) in [6.45, 7) is 9.38. The number of halogens is 1. The normalized spacial score (nSPS) is 16.9. The van der Waals surface area contributed by atoms with Crippen molar-refractivity contribution >= 4 is 41.7 Å². The number of aliphatic imine (C=N–C) groups is 1. The standard InChI is InChI=1S/C19H27N5S.HI/c1-15-9-10-24(22-15)17-8-6-5-7-16(17)13-21-18(20-4)23-11-12-25-19(2,3)14-23;/h5-10H,11-14H2,1-4H3,(H,20,21);1H. The van der Waals surface area contributed by atoms with Gasteiger partial charge in [-0.1, -0.05) is 18.2 Å². The molecule has 2 aromatic rings. The number of thioether (sulfide) groups is 1. The van der Waals surface area contributed by atoms with Gasteiger partial charge in [-0.2, -0.15) is 16.9 Å². The van der Waals surface area contributed by atoms with E-state index in [-0.39, 0.29) is 28.7 Å². The largest absolute Gasteiger partial charge is 0.352 e. The van der Waals surface area contributed by atoms with Crippen molar-refractivity contribution < 1.29 is 0 Å². The minimum Gasteiger partial charge on any atom is -0.352 e. The van der Waals surface area contributed by atoms with Crippen molar-refractivity contribution in [3.8, 4) is 5.69 Å². The average molecular weight is 485 g/mol.